The van der Waals surface area contributed by atoms with Gasteiger partial charge in [-0.05, 0) is 53.9 Å². The van der Waals surface area contributed by atoms with E-state index in [9.17, 15) is 9.18 Å². The average molecular weight is 481 g/mol. The number of fused-ring (bicyclic) bond motifs is 1. The topological polar surface area (TPSA) is 75.9 Å². The molecule has 2 aromatic carbocycles. The van der Waals surface area contributed by atoms with Gasteiger partial charge in [-0.1, -0.05) is 11.6 Å². The van der Waals surface area contributed by atoms with E-state index in [0.29, 0.717) is 52.1 Å². The predicted octanol–water partition coefficient (Wildman–Crippen LogP) is 4.68. The Labute approximate surface area is 199 Å². The van der Waals surface area contributed by atoms with E-state index in [-0.39, 0.29) is 18.0 Å². The highest BCUT2D eigenvalue weighted by Crippen LogP contribution is 2.35. The van der Waals surface area contributed by atoms with Crippen LogP contribution < -0.4 is 10.2 Å². The Morgan fingerprint density at radius 2 is 2.00 bits per heavy atom. The summed E-state index contributed by atoms with van der Waals surface area (Å²) in [7, 11) is 1.79. The van der Waals surface area contributed by atoms with Crippen molar-refractivity contribution in [1.29, 1.82) is 0 Å². The van der Waals surface area contributed by atoms with Gasteiger partial charge in [0.2, 0.25) is 11.9 Å². The SMILES string of the molecule is Cn1nccc1Nc1nccc(-c2cc(F)c3c(c2)CCN3C(=O)Cc2cc(F)ccc2Cl)n1. The lowest BCUT2D eigenvalue weighted by molar-refractivity contribution is -0.117. The van der Waals surface area contributed by atoms with E-state index in [4.69, 9.17) is 11.6 Å². The Morgan fingerprint density at radius 1 is 1.15 bits per heavy atom. The summed E-state index contributed by atoms with van der Waals surface area (Å²) in [5.74, 6) is -0.284. The van der Waals surface area contributed by atoms with Gasteiger partial charge in [0.05, 0.1) is 24.0 Å². The lowest BCUT2D eigenvalue weighted by atomic mass is 10.0. The minimum absolute atomic E-state index is 0.119. The standard InChI is InChI=1S/C24H19ClF2N6O/c1-32-21(5-8-29-32)31-24-28-7-4-20(30-24)16-10-14-6-9-33(23(14)19(27)12-16)22(34)13-15-11-17(26)2-3-18(15)25/h2-5,7-8,10-12H,6,9,13H2,1H3,(H,28,30,31). The highest BCUT2D eigenvalue weighted by Gasteiger charge is 2.29. The van der Waals surface area contributed by atoms with Gasteiger partial charge in [-0.15, -0.1) is 0 Å². The van der Waals surface area contributed by atoms with Crippen LogP contribution in [-0.4, -0.2) is 32.2 Å². The van der Waals surface area contributed by atoms with Crippen LogP contribution in [0.15, 0.2) is 54.9 Å². The molecule has 7 nitrogen and oxygen atoms in total. The molecule has 0 bridgehead atoms. The van der Waals surface area contributed by atoms with E-state index < -0.39 is 11.6 Å². The number of anilines is 3. The van der Waals surface area contributed by atoms with Gasteiger partial charge in [-0.3, -0.25) is 9.48 Å². The minimum Gasteiger partial charge on any atom is -0.309 e. The molecule has 0 spiro atoms. The van der Waals surface area contributed by atoms with E-state index in [1.165, 1.54) is 29.2 Å². The van der Waals surface area contributed by atoms with E-state index >= 15 is 4.39 Å². The van der Waals surface area contributed by atoms with Gasteiger partial charge in [0.25, 0.3) is 0 Å². The van der Waals surface area contributed by atoms with Gasteiger partial charge in [-0.2, -0.15) is 5.10 Å². The quantitative estimate of drug-likeness (QED) is 0.448. The molecule has 4 aromatic rings. The second-order valence-corrected chi connectivity index (χ2v) is 8.31. The van der Waals surface area contributed by atoms with Crippen LogP contribution in [0.5, 0.6) is 0 Å². The maximum atomic E-state index is 15.2. The molecule has 0 saturated heterocycles. The molecule has 0 aliphatic carbocycles. The molecule has 1 aliphatic heterocycles. The number of nitrogens with zero attached hydrogens (tertiary/aromatic N) is 5. The molecule has 0 unspecified atom stereocenters. The average Bonchev–Trinajstić information content (AvgIpc) is 3.43. The molecule has 0 radical (unpaired) electrons. The molecule has 0 saturated carbocycles. The summed E-state index contributed by atoms with van der Waals surface area (Å²) in [6.07, 6.45) is 3.61. The first-order valence-electron chi connectivity index (χ1n) is 10.5. The molecule has 172 valence electrons. The van der Waals surface area contributed by atoms with Crippen LogP contribution in [0.25, 0.3) is 11.3 Å². The number of carbonyl (C=O) groups is 1. The van der Waals surface area contributed by atoms with Crippen molar-refractivity contribution in [3.8, 4) is 11.3 Å². The summed E-state index contributed by atoms with van der Waals surface area (Å²) in [6.45, 7) is 0.332. The van der Waals surface area contributed by atoms with Crippen molar-refractivity contribution in [2.75, 3.05) is 16.8 Å². The van der Waals surface area contributed by atoms with Gasteiger partial charge < -0.3 is 10.2 Å². The third-order valence-electron chi connectivity index (χ3n) is 5.68. The molecule has 3 heterocycles. The summed E-state index contributed by atoms with van der Waals surface area (Å²) in [5.41, 5.74) is 2.43. The Kier molecular flexibility index (Phi) is 5.70. The first kappa shape index (κ1) is 22.0. The number of hydrogen-bond acceptors (Lipinski definition) is 5. The molecule has 1 aliphatic rings. The van der Waals surface area contributed by atoms with Gasteiger partial charge in [0.1, 0.15) is 17.5 Å². The second-order valence-electron chi connectivity index (χ2n) is 7.90. The fraction of sp³-hybridized carbons (Fsp3) is 0.167. The molecule has 2 aromatic heterocycles. The van der Waals surface area contributed by atoms with E-state index in [0.717, 1.165) is 0 Å². The van der Waals surface area contributed by atoms with Crippen molar-refractivity contribution in [3.05, 3.63) is 82.6 Å². The maximum Gasteiger partial charge on any atom is 0.231 e. The molecule has 1 N–H and O–H groups in total. The third kappa shape index (κ3) is 4.22. The van der Waals surface area contributed by atoms with Crippen molar-refractivity contribution in [2.24, 2.45) is 7.05 Å². The van der Waals surface area contributed by atoms with Crippen LogP contribution in [0.1, 0.15) is 11.1 Å². The zero-order valence-electron chi connectivity index (χ0n) is 18.1. The highest BCUT2D eigenvalue weighted by atomic mass is 35.5. The summed E-state index contributed by atoms with van der Waals surface area (Å²) in [5, 5.41) is 7.46. The zero-order chi connectivity index (χ0) is 23.8. The van der Waals surface area contributed by atoms with Crippen LogP contribution in [0, 0.1) is 11.6 Å². The normalized spacial score (nSPS) is 12.6. The summed E-state index contributed by atoms with van der Waals surface area (Å²) < 4.78 is 30.5. The van der Waals surface area contributed by atoms with Crippen molar-refractivity contribution in [1.82, 2.24) is 19.7 Å². The number of halogens is 3. The number of aromatic nitrogens is 4. The van der Waals surface area contributed by atoms with E-state index in [1.807, 2.05) is 6.07 Å². The number of carbonyl (C=O) groups excluding carboxylic acids is 1. The highest BCUT2D eigenvalue weighted by molar-refractivity contribution is 6.31. The third-order valence-corrected chi connectivity index (χ3v) is 6.05. The van der Waals surface area contributed by atoms with Gasteiger partial charge >= 0.3 is 0 Å². The Bertz CT molecular complexity index is 1410. The first-order valence-corrected chi connectivity index (χ1v) is 10.9. The Balaban J connectivity index is 1.40. The van der Waals surface area contributed by atoms with Crippen molar-refractivity contribution >= 4 is 35.0 Å². The van der Waals surface area contributed by atoms with Crippen LogP contribution in [-0.2, 0) is 24.7 Å². The Hall–Kier alpha value is -3.85. The molecular formula is C24H19ClF2N6O. The predicted molar refractivity (Wildman–Crippen MR) is 125 cm³/mol. The van der Waals surface area contributed by atoms with Gasteiger partial charge in [0, 0.05) is 36.4 Å². The van der Waals surface area contributed by atoms with Gasteiger partial charge in [-0.25, -0.2) is 18.7 Å². The summed E-state index contributed by atoms with van der Waals surface area (Å²) in [6, 6.07) is 10.5. The summed E-state index contributed by atoms with van der Waals surface area (Å²) in [4.78, 5) is 23.0. The number of nitrogens with one attached hydrogen (secondary N) is 1. The molecular weight excluding hydrogens is 462 g/mol. The number of aryl methyl sites for hydroxylation is 1. The largest absolute Gasteiger partial charge is 0.309 e. The molecule has 0 atom stereocenters. The van der Waals surface area contributed by atoms with E-state index in [1.54, 1.807) is 36.3 Å². The first-order chi connectivity index (χ1) is 16.4. The van der Waals surface area contributed by atoms with Crippen LogP contribution >= 0.6 is 11.6 Å². The fourth-order valence-corrected chi connectivity index (χ4v) is 4.20. The van der Waals surface area contributed by atoms with Crippen molar-refractivity contribution < 1.29 is 13.6 Å². The smallest absolute Gasteiger partial charge is 0.231 e. The van der Waals surface area contributed by atoms with Crippen LogP contribution in [0.2, 0.25) is 5.02 Å². The van der Waals surface area contributed by atoms with E-state index in [2.05, 4.69) is 20.4 Å². The lowest BCUT2D eigenvalue weighted by Crippen LogP contribution is -2.31. The van der Waals surface area contributed by atoms with Crippen LogP contribution in [0.3, 0.4) is 0 Å². The fourth-order valence-electron chi connectivity index (χ4n) is 4.02. The number of hydrogen-bond donors (Lipinski definition) is 1. The number of amides is 1. The molecule has 5 rings (SSSR count). The lowest BCUT2D eigenvalue weighted by Gasteiger charge is -2.19. The monoisotopic (exact) mass is 480 g/mol. The van der Waals surface area contributed by atoms with Crippen molar-refractivity contribution in [3.63, 3.8) is 0 Å². The molecule has 0 fully saturated rings. The number of benzene rings is 2. The molecule has 1 amide bonds. The minimum atomic E-state index is -0.525. The van der Waals surface area contributed by atoms with Crippen LogP contribution in [0.4, 0.5) is 26.2 Å². The molecule has 34 heavy (non-hydrogen) atoms. The van der Waals surface area contributed by atoms with Gasteiger partial charge in [0.15, 0.2) is 0 Å². The second kappa shape index (κ2) is 8.83. The Morgan fingerprint density at radius 3 is 2.79 bits per heavy atom. The van der Waals surface area contributed by atoms with Crippen molar-refractivity contribution in [2.45, 2.75) is 12.8 Å². The zero-order valence-corrected chi connectivity index (χ0v) is 18.9. The maximum absolute atomic E-state index is 15.2. The molecule has 10 heteroatoms. The number of rotatable bonds is 5. The summed E-state index contributed by atoms with van der Waals surface area (Å²) >= 11 is 6.10.